The predicted molar refractivity (Wildman–Crippen MR) is 154 cm³/mol. The first-order valence-electron chi connectivity index (χ1n) is 12.7. The first kappa shape index (κ1) is 24.9. The molecule has 0 unspecified atom stereocenters. The maximum absolute atomic E-state index is 13.6. The van der Waals surface area contributed by atoms with Crippen LogP contribution < -0.4 is 25.3 Å². The predicted octanol–water partition coefficient (Wildman–Crippen LogP) is 4.86. The number of aromatic nitrogens is 2. The number of amides is 1. The Morgan fingerprint density at radius 2 is 1.82 bits per heavy atom. The molecule has 196 valence electrons. The second kappa shape index (κ2) is 9.72. The van der Waals surface area contributed by atoms with Gasteiger partial charge in [-0.2, -0.15) is 4.98 Å². The fourth-order valence-electron chi connectivity index (χ4n) is 5.47. The van der Waals surface area contributed by atoms with Gasteiger partial charge in [0.15, 0.2) is 5.82 Å². The molecule has 38 heavy (non-hydrogen) atoms. The van der Waals surface area contributed by atoms with Gasteiger partial charge in [-0.05, 0) is 56.7 Å². The molecule has 3 aromatic rings. The van der Waals surface area contributed by atoms with E-state index < -0.39 is 0 Å². The maximum Gasteiger partial charge on any atom is 0.270 e. The highest BCUT2D eigenvalue weighted by Crippen LogP contribution is 2.39. The van der Waals surface area contributed by atoms with Crippen LogP contribution in [0.1, 0.15) is 29.8 Å². The van der Waals surface area contributed by atoms with E-state index in [0.29, 0.717) is 64.2 Å². The molecule has 3 aliphatic heterocycles. The number of guanidine groups is 1. The summed E-state index contributed by atoms with van der Waals surface area (Å²) < 4.78 is 0. The molecule has 0 saturated carbocycles. The Morgan fingerprint density at radius 3 is 2.53 bits per heavy atom. The summed E-state index contributed by atoms with van der Waals surface area (Å²) in [6.45, 7) is 9.59. The molecule has 6 rings (SSSR count). The highest BCUT2D eigenvalue weighted by molar-refractivity contribution is 6.43. The van der Waals surface area contributed by atoms with E-state index in [9.17, 15) is 4.79 Å². The number of hydrogen-bond acceptors (Lipinski definition) is 8. The number of carbonyl (C=O) groups is 1. The van der Waals surface area contributed by atoms with Gasteiger partial charge in [0, 0.05) is 49.3 Å². The third-order valence-corrected chi connectivity index (χ3v) is 7.60. The number of para-hydroxylation sites is 1. The zero-order valence-electron chi connectivity index (χ0n) is 21.4. The Balaban J connectivity index is 1.29. The Kier molecular flexibility index (Phi) is 6.37. The van der Waals surface area contributed by atoms with Crippen molar-refractivity contribution in [3.8, 4) is 0 Å². The van der Waals surface area contributed by atoms with Gasteiger partial charge in [0.1, 0.15) is 5.56 Å². The molecule has 1 aromatic heterocycles. The summed E-state index contributed by atoms with van der Waals surface area (Å²) >= 11 is 12.9. The van der Waals surface area contributed by atoms with Gasteiger partial charge >= 0.3 is 0 Å². The fourth-order valence-corrected chi connectivity index (χ4v) is 6.04. The summed E-state index contributed by atoms with van der Waals surface area (Å²) in [6, 6.07) is 12.3. The minimum Gasteiger partial charge on any atom is -0.368 e. The second-order valence-corrected chi connectivity index (χ2v) is 10.8. The van der Waals surface area contributed by atoms with E-state index in [2.05, 4.69) is 58.4 Å². The van der Waals surface area contributed by atoms with Crippen LogP contribution in [0.25, 0.3) is 0 Å². The molecule has 1 saturated heterocycles. The van der Waals surface area contributed by atoms with E-state index in [4.69, 9.17) is 28.2 Å². The van der Waals surface area contributed by atoms with E-state index in [0.717, 1.165) is 18.8 Å². The molecule has 1 amide bonds. The van der Waals surface area contributed by atoms with E-state index in [1.165, 1.54) is 16.2 Å². The third-order valence-electron chi connectivity index (χ3n) is 6.99. The van der Waals surface area contributed by atoms with Crippen LogP contribution in [-0.4, -0.2) is 60.1 Å². The number of piperazine rings is 1. The van der Waals surface area contributed by atoms with Crippen molar-refractivity contribution in [1.82, 2.24) is 15.3 Å². The Labute approximate surface area is 231 Å². The quantitative estimate of drug-likeness (QED) is 0.479. The SMILES string of the molecule is Cc1cc(Nc2ncc3c(n2)N2CCN=C2N(c2c(Cl)cccc2Cl)C3=O)ccc1N1C[C@@H](C)N[C@@H](C)C1. The monoisotopic (exact) mass is 550 g/mol. The normalized spacial score (nSPS) is 20.8. The highest BCUT2D eigenvalue weighted by atomic mass is 35.5. The molecule has 0 aliphatic carbocycles. The van der Waals surface area contributed by atoms with Crippen molar-refractivity contribution in [2.24, 2.45) is 4.99 Å². The topological polar surface area (TPSA) is 89.0 Å². The fraction of sp³-hybridized carbons (Fsp3) is 0.333. The van der Waals surface area contributed by atoms with Crippen LogP contribution in [0.2, 0.25) is 10.0 Å². The first-order valence-corrected chi connectivity index (χ1v) is 13.4. The second-order valence-electron chi connectivity index (χ2n) is 9.98. The summed E-state index contributed by atoms with van der Waals surface area (Å²) in [4.78, 5) is 33.2. The van der Waals surface area contributed by atoms with Gasteiger partial charge in [-0.3, -0.25) is 14.7 Å². The number of anilines is 5. The molecule has 2 atom stereocenters. The molecular weight excluding hydrogens is 523 g/mol. The zero-order valence-corrected chi connectivity index (χ0v) is 22.9. The highest BCUT2D eigenvalue weighted by Gasteiger charge is 2.41. The van der Waals surface area contributed by atoms with Gasteiger partial charge in [0.2, 0.25) is 11.9 Å². The number of rotatable bonds is 4. The number of carbonyl (C=O) groups excluding carboxylic acids is 1. The first-order chi connectivity index (χ1) is 18.3. The van der Waals surface area contributed by atoms with Crippen LogP contribution >= 0.6 is 23.2 Å². The molecular formula is C27H28Cl2N8O. The summed E-state index contributed by atoms with van der Waals surface area (Å²) in [7, 11) is 0. The number of halogens is 2. The molecule has 2 aromatic carbocycles. The van der Waals surface area contributed by atoms with E-state index in [-0.39, 0.29) is 5.91 Å². The van der Waals surface area contributed by atoms with Crippen LogP contribution in [0.15, 0.2) is 47.6 Å². The summed E-state index contributed by atoms with van der Waals surface area (Å²) in [5.41, 5.74) is 4.04. The lowest BCUT2D eigenvalue weighted by atomic mass is 10.1. The standard InChI is InChI=1S/C27H28Cl2N8O/c1-15-11-18(7-8-22(15)35-13-16(2)32-17(3)14-35)33-26-31-12-19-24(34-26)36-10-9-30-27(36)37(25(19)38)23-20(28)5-4-6-21(23)29/h4-8,11-12,16-17,32H,9-10,13-14H2,1-3H3,(H,31,33,34)/t16-,17+. The minimum atomic E-state index is -0.321. The molecule has 0 bridgehead atoms. The lowest BCUT2D eigenvalue weighted by molar-refractivity contribution is 0.1000. The number of nitrogens with one attached hydrogen (secondary N) is 2. The Hall–Kier alpha value is -3.40. The molecule has 4 heterocycles. The summed E-state index contributed by atoms with van der Waals surface area (Å²) in [5, 5.41) is 7.63. The largest absolute Gasteiger partial charge is 0.368 e. The number of benzene rings is 2. The van der Waals surface area contributed by atoms with Gasteiger partial charge in [-0.15, -0.1) is 0 Å². The van der Waals surface area contributed by atoms with Crippen LogP contribution in [0.3, 0.4) is 0 Å². The van der Waals surface area contributed by atoms with Crippen LogP contribution in [0, 0.1) is 6.92 Å². The van der Waals surface area contributed by atoms with E-state index in [1.807, 2.05) is 11.0 Å². The van der Waals surface area contributed by atoms with Gasteiger partial charge in [0.25, 0.3) is 5.91 Å². The lowest BCUT2D eigenvalue weighted by Crippen LogP contribution is -2.54. The van der Waals surface area contributed by atoms with E-state index in [1.54, 1.807) is 24.4 Å². The van der Waals surface area contributed by atoms with Crippen LogP contribution in [-0.2, 0) is 0 Å². The number of fused-ring (bicyclic) bond motifs is 3. The molecule has 2 N–H and O–H groups in total. The zero-order chi connectivity index (χ0) is 26.6. The number of aliphatic imine (C=N–C) groups is 1. The lowest BCUT2D eigenvalue weighted by Gasteiger charge is -2.38. The van der Waals surface area contributed by atoms with E-state index >= 15 is 0 Å². The van der Waals surface area contributed by atoms with Crippen molar-refractivity contribution in [3.63, 3.8) is 0 Å². The van der Waals surface area contributed by atoms with Gasteiger partial charge < -0.3 is 15.5 Å². The average Bonchev–Trinajstić information content (AvgIpc) is 3.35. The summed E-state index contributed by atoms with van der Waals surface area (Å²) in [6.07, 6.45) is 1.55. The molecule has 3 aliphatic rings. The molecule has 0 spiro atoms. The van der Waals surface area contributed by atoms with Crippen LogP contribution in [0.5, 0.6) is 0 Å². The molecule has 11 heteroatoms. The van der Waals surface area contributed by atoms with Crippen molar-refractivity contribution >= 4 is 63.9 Å². The summed E-state index contributed by atoms with van der Waals surface area (Å²) in [5.74, 6) is 1.06. The third kappa shape index (κ3) is 4.34. The number of nitrogens with zero attached hydrogens (tertiary/aromatic N) is 6. The van der Waals surface area contributed by atoms with Gasteiger partial charge in [-0.25, -0.2) is 9.88 Å². The Bertz CT molecular complexity index is 1430. The van der Waals surface area contributed by atoms with Crippen molar-refractivity contribution in [2.45, 2.75) is 32.9 Å². The molecule has 9 nitrogen and oxygen atoms in total. The van der Waals surface area contributed by atoms with Gasteiger partial charge in [0.05, 0.1) is 22.3 Å². The smallest absolute Gasteiger partial charge is 0.270 e. The van der Waals surface area contributed by atoms with Crippen molar-refractivity contribution in [2.75, 3.05) is 46.2 Å². The average molecular weight is 551 g/mol. The Morgan fingerprint density at radius 1 is 1.08 bits per heavy atom. The number of aryl methyl sites for hydroxylation is 1. The maximum atomic E-state index is 13.6. The molecule has 0 radical (unpaired) electrons. The molecule has 1 fully saturated rings. The number of hydrogen-bond donors (Lipinski definition) is 2. The van der Waals surface area contributed by atoms with Crippen molar-refractivity contribution in [1.29, 1.82) is 0 Å². The van der Waals surface area contributed by atoms with Crippen molar-refractivity contribution in [3.05, 3.63) is 63.8 Å². The van der Waals surface area contributed by atoms with Crippen molar-refractivity contribution < 1.29 is 4.79 Å². The minimum absolute atomic E-state index is 0.321. The van der Waals surface area contributed by atoms with Crippen LogP contribution in [0.4, 0.5) is 28.8 Å². The van der Waals surface area contributed by atoms with Gasteiger partial charge in [-0.1, -0.05) is 29.3 Å².